The molecule has 0 bridgehead atoms. The summed E-state index contributed by atoms with van der Waals surface area (Å²) in [6.07, 6.45) is 0. The minimum atomic E-state index is -1.01. The van der Waals surface area contributed by atoms with E-state index >= 15 is 0 Å². The van der Waals surface area contributed by atoms with Crippen molar-refractivity contribution < 1.29 is 10.2 Å². The van der Waals surface area contributed by atoms with Crippen LogP contribution in [0.1, 0.15) is 27.7 Å². The molecule has 0 fully saturated rings. The second-order valence-electron chi connectivity index (χ2n) is 3.20. The van der Waals surface area contributed by atoms with Gasteiger partial charge < -0.3 is 10.2 Å². The molecule has 0 unspecified atom stereocenters. The zero-order valence-electron chi connectivity index (χ0n) is 7.23. The van der Waals surface area contributed by atoms with Crippen LogP contribution in [0.5, 0.6) is 0 Å². The van der Waals surface area contributed by atoms with E-state index in [1.165, 1.54) is 0 Å². The fourth-order valence-corrected chi connectivity index (χ4v) is 0. The summed E-state index contributed by atoms with van der Waals surface area (Å²) in [6.45, 7) is 6.31. The molecule has 0 aromatic heterocycles. The Kier molecular flexibility index (Phi) is 7.63. The molecular formula is C6H14Cl2GaO2. The van der Waals surface area contributed by atoms with Crippen molar-refractivity contribution in [2.24, 2.45) is 0 Å². The average Bonchev–Trinajstić information content (AvgIpc) is 1.60. The molecule has 0 saturated carbocycles. The van der Waals surface area contributed by atoms with Gasteiger partial charge in [0.05, 0.1) is 11.2 Å². The predicted octanol–water partition coefficient (Wildman–Crippen LogP) is 1.53. The fourth-order valence-electron chi connectivity index (χ4n) is 0. The third kappa shape index (κ3) is 9.05. The van der Waals surface area contributed by atoms with Gasteiger partial charge in [0, 0.05) is 0 Å². The van der Waals surface area contributed by atoms with Crippen LogP contribution in [-0.4, -0.2) is 36.8 Å². The Morgan fingerprint density at radius 2 is 1.00 bits per heavy atom. The molecule has 5 heteroatoms. The Bertz CT molecular complexity index is 83.7. The van der Waals surface area contributed by atoms with Crippen molar-refractivity contribution in [2.45, 2.75) is 38.9 Å². The second kappa shape index (κ2) is 5.73. The Labute approximate surface area is 83.7 Å². The molecule has 0 aliphatic heterocycles. The first-order valence-corrected chi connectivity index (χ1v) is 9.50. The van der Waals surface area contributed by atoms with Gasteiger partial charge in [0.2, 0.25) is 0 Å². The molecule has 0 rings (SSSR count). The Morgan fingerprint density at radius 1 is 0.909 bits per heavy atom. The quantitative estimate of drug-likeness (QED) is 0.701. The van der Waals surface area contributed by atoms with E-state index in [9.17, 15) is 0 Å². The molecule has 0 aromatic rings. The molecule has 0 saturated heterocycles. The Hall–Kier alpha value is 1.14. The van der Waals surface area contributed by atoms with Crippen molar-refractivity contribution in [3.8, 4) is 0 Å². The minimum absolute atomic E-state index is 0.743. The van der Waals surface area contributed by atoms with Crippen molar-refractivity contribution in [1.29, 1.82) is 0 Å². The van der Waals surface area contributed by atoms with Crippen LogP contribution >= 0.6 is 19.3 Å². The predicted molar refractivity (Wildman–Crippen MR) is 50.1 cm³/mol. The SMILES string of the molecule is CC(C)(O)C(C)(C)O.[Cl][Ga][Cl]. The summed E-state index contributed by atoms with van der Waals surface area (Å²) < 4.78 is 0. The van der Waals surface area contributed by atoms with Gasteiger partial charge in [-0.3, -0.25) is 0 Å². The topological polar surface area (TPSA) is 40.5 Å². The first-order chi connectivity index (χ1) is 4.66. The van der Waals surface area contributed by atoms with Crippen molar-refractivity contribution >= 4 is 34.7 Å². The van der Waals surface area contributed by atoms with Crippen LogP contribution < -0.4 is 0 Å². The Morgan fingerprint density at radius 3 is 1.00 bits per heavy atom. The summed E-state index contributed by atoms with van der Waals surface area (Å²) in [7, 11) is 9.84. The van der Waals surface area contributed by atoms with Gasteiger partial charge in [0.25, 0.3) is 0 Å². The van der Waals surface area contributed by atoms with Gasteiger partial charge in [-0.15, -0.1) is 0 Å². The van der Waals surface area contributed by atoms with E-state index in [1.54, 1.807) is 27.7 Å². The number of aliphatic hydroxyl groups is 2. The molecule has 1 radical (unpaired) electrons. The van der Waals surface area contributed by atoms with E-state index in [0.29, 0.717) is 0 Å². The van der Waals surface area contributed by atoms with E-state index in [-0.39, 0.29) is 0 Å². The van der Waals surface area contributed by atoms with Crippen LogP contribution in [0.4, 0.5) is 0 Å². The third-order valence-electron chi connectivity index (χ3n) is 1.50. The van der Waals surface area contributed by atoms with Gasteiger partial charge in [-0.1, -0.05) is 0 Å². The van der Waals surface area contributed by atoms with Crippen molar-refractivity contribution in [1.82, 2.24) is 0 Å². The van der Waals surface area contributed by atoms with E-state index in [4.69, 9.17) is 29.5 Å². The third-order valence-corrected chi connectivity index (χ3v) is 1.50. The molecule has 0 atom stereocenters. The van der Waals surface area contributed by atoms with Gasteiger partial charge in [-0.05, 0) is 27.7 Å². The van der Waals surface area contributed by atoms with Crippen LogP contribution in [0.3, 0.4) is 0 Å². The monoisotopic (exact) mass is 257 g/mol. The zero-order valence-corrected chi connectivity index (χ0v) is 11.2. The average molecular weight is 259 g/mol. The molecule has 0 heterocycles. The van der Waals surface area contributed by atoms with E-state index < -0.39 is 26.6 Å². The summed E-state index contributed by atoms with van der Waals surface area (Å²) in [4.78, 5) is 0. The molecule has 67 valence electrons. The molecule has 11 heavy (non-hydrogen) atoms. The van der Waals surface area contributed by atoms with Crippen molar-refractivity contribution in [2.75, 3.05) is 0 Å². The van der Waals surface area contributed by atoms with Gasteiger partial charge in [-0.2, -0.15) is 0 Å². The summed E-state index contributed by atoms with van der Waals surface area (Å²) >= 11 is -0.743. The zero-order chi connectivity index (χ0) is 9.71. The maximum absolute atomic E-state index is 9.10. The van der Waals surface area contributed by atoms with Crippen LogP contribution in [-0.2, 0) is 0 Å². The van der Waals surface area contributed by atoms with Crippen molar-refractivity contribution in [3.63, 3.8) is 0 Å². The summed E-state index contributed by atoms with van der Waals surface area (Å²) in [5.74, 6) is 0. The molecule has 0 aromatic carbocycles. The van der Waals surface area contributed by atoms with Crippen LogP contribution in [0.25, 0.3) is 0 Å². The fraction of sp³-hybridized carbons (Fsp3) is 1.00. The molecule has 2 nitrogen and oxygen atoms in total. The standard InChI is InChI=1S/C6H14O2.2ClH.Ga/c1-5(2,7)6(3,4)8;;;/h7-8H,1-4H3;2*1H;/q;;;+2/p-2. The van der Waals surface area contributed by atoms with Gasteiger partial charge in [-0.25, -0.2) is 0 Å². The summed E-state index contributed by atoms with van der Waals surface area (Å²) in [5.41, 5.74) is -2.01. The van der Waals surface area contributed by atoms with Crippen LogP contribution in [0.15, 0.2) is 0 Å². The first kappa shape index (κ1) is 14.6. The Balaban J connectivity index is 0. The van der Waals surface area contributed by atoms with E-state index in [1.807, 2.05) is 0 Å². The molecule has 0 amide bonds. The number of halogens is 2. The first-order valence-electron chi connectivity index (χ1n) is 3.13. The normalized spacial score (nSPS) is 11.6. The molecule has 0 spiro atoms. The maximum atomic E-state index is 9.10. The number of hydrogen-bond donors (Lipinski definition) is 2. The molecule has 2 N–H and O–H groups in total. The van der Waals surface area contributed by atoms with Crippen LogP contribution in [0.2, 0.25) is 0 Å². The van der Waals surface area contributed by atoms with Crippen LogP contribution in [0, 0.1) is 0 Å². The molecule has 0 aliphatic carbocycles. The van der Waals surface area contributed by atoms with Gasteiger partial charge in [0.1, 0.15) is 0 Å². The van der Waals surface area contributed by atoms with Gasteiger partial charge in [0.15, 0.2) is 0 Å². The molecular weight excluding hydrogens is 245 g/mol. The van der Waals surface area contributed by atoms with Crippen molar-refractivity contribution in [3.05, 3.63) is 0 Å². The van der Waals surface area contributed by atoms with E-state index in [0.717, 1.165) is 0 Å². The van der Waals surface area contributed by atoms with Gasteiger partial charge >= 0.3 is 34.7 Å². The number of hydrogen-bond acceptors (Lipinski definition) is 2. The molecule has 0 aliphatic rings. The number of rotatable bonds is 1. The second-order valence-corrected chi connectivity index (χ2v) is 6.98. The summed E-state index contributed by atoms with van der Waals surface area (Å²) in [6, 6.07) is 0. The summed E-state index contributed by atoms with van der Waals surface area (Å²) in [5, 5.41) is 18.2. The van der Waals surface area contributed by atoms with E-state index in [2.05, 4.69) is 0 Å².